The van der Waals surface area contributed by atoms with E-state index < -0.39 is 0 Å². The molecule has 1 amide bonds. The zero-order chi connectivity index (χ0) is 14.3. The maximum Gasteiger partial charge on any atom is 0.256 e. The van der Waals surface area contributed by atoms with Crippen LogP contribution >= 0.6 is 22.9 Å². The van der Waals surface area contributed by atoms with Gasteiger partial charge in [0.2, 0.25) is 0 Å². The van der Waals surface area contributed by atoms with Gasteiger partial charge < -0.3 is 10.6 Å². The lowest BCUT2D eigenvalue weighted by Gasteiger charge is -2.25. The van der Waals surface area contributed by atoms with Crippen molar-refractivity contribution in [2.75, 3.05) is 5.32 Å². The average molecular weight is 307 g/mol. The Kier molecular flexibility index (Phi) is 3.44. The molecule has 0 saturated carbocycles. The Balaban J connectivity index is 1.92. The van der Waals surface area contributed by atoms with E-state index in [4.69, 9.17) is 11.6 Å². The Hall–Kier alpha value is -1.52. The minimum Gasteiger partial charge on any atom is -0.353 e. The van der Waals surface area contributed by atoms with Crippen molar-refractivity contribution in [2.24, 2.45) is 0 Å². The second-order valence-corrected chi connectivity index (χ2v) is 6.67. The second-order valence-electron chi connectivity index (χ2n) is 5.15. The van der Waals surface area contributed by atoms with Crippen molar-refractivity contribution in [1.29, 1.82) is 0 Å². The van der Waals surface area contributed by atoms with E-state index >= 15 is 0 Å². The van der Waals surface area contributed by atoms with Gasteiger partial charge in [-0.2, -0.15) is 0 Å². The Bertz CT molecular complexity index is 648. The summed E-state index contributed by atoms with van der Waals surface area (Å²) in [6, 6.07) is 9.47. The number of amides is 1. The monoisotopic (exact) mass is 306 g/mol. The summed E-state index contributed by atoms with van der Waals surface area (Å²) in [5.74, 6) is 0.399. The fraction of sp³-hybridized carbons (Fsp3) is 0.267. The van der Waals surface area contributed by atoms with Gasteiger partial charge in [0, 0.05) is 9.90 Å². The summed E-state index contributed by atoms with van der Waals surface area (Å²) in [6.07, 6.45) is -0.203. The van der Waals surface area contributed by atoms with Crippen LogP contribution in [0.4, 0.5) is 5.00 Å². The van der Waals surface area contributed by atoms with E-state index in [2.05, 4.69) is 24.5 Å². The first-order chi connectivity index (χ1) is 9.54. The second kappa shape index (κ2) is 5.11. The highest BCUT2D eigenvalue weighted by Crippen LogP contribution is 2.37. The van der Waals surface area contributed by atoms with E-state index in [0.29, 0.717) is 10.9 Å². The first-order valence-corrected chi connectivity index (χ1v) is 7.70. The third-order valence-electron chi connectivity index (χ3n) is 3.32. The molecule has 2 N–H and O–H groups in total. The largest absolute Gasteiger partial charge is 0.353 e. The molecule has 2 aromatic rings. The number of anilines is 1. The lowest BCUT2D eigenvalue weighted by atomic mass is 10.1. The average Bonchev–Trinajstić information content (AvgIpc) is 2.84. The summed E-state index contributed by atoms with van der Waals surface area (Å²) >= 11 is 7.54. The van der Waals surface area contributed by atoms with Gasteiger partial charge in [0.05, 0.1) is 5.56 Å². The maximum atomic E-state index is 12.2. The molecule has 104 valence electrons. The van der Waals surface area contributed by atoms with Crippen molar-refractivity contribution in [3.05, 3.63) is 51.4 Å². The molecule has 0 spiro atoms. The molecule has 5 heteroatoms. The fourth-order valence-corrected chi connectivity index (χ4v) is 3.38. The Morgan fingerprint density at radius 1 is 1.20 bits per heavy atom. The number of hydrogen-bond acceptors (Lipinski definition) is 3. The first-order valence-electron chi connectivity index (χ1n) is 6.51. The summed E-state index contributed by atoms with van der Waals surface area (Å²) in [5.41, 5.74) is 1.73. The molecular formula is C15H15ClN2OS. The van der Waals surface area contributed by atoms with E-state index in [1.165, 1.54) is 4.88 Å². The molecule has 1 unspecified atom stereocenters. The van der Waals surface area contributed by atoms with Crippen molar-refractivity contribution in [3.63, 3.8) is 0 Å². The number of hydrogen-bond donors (Lipinski definition) is 2. The first kappa shape index (κ1) is 13.5. The van der Waals surface area contributed by atoms with Gasteiger partial charge in [-0.05, 0) is 29.7 Å². The SMILES string of the molecule is CC(C)c1cc2c(s1)NC(c1ccc(Cl)cc1)NC2=O. The van der Waals surface area contributed by atoms with Gasteiger partial charge in [0.15, 0.2) is 0 Å². The Morgan fingerprint density at radius 2 is 1.90 bits per heavy atom. The number of rotatable bonds is 2. The number of nitrogens with one attached hydrogen (secondary N) is 2. The predicted molar refractivity (Wildman–Crippen MR) is 83.7 cm³/mol. The zero-order valence-electron chi connectivity index (χ0n) is 11.2. The molecule has 0 saturated heterocycles. The van der Waals surface area contributed by atoms with E-state index in [1.54, 1.807) is 11.3 Å². The van der Waals surface area contributed by atoms with E-state index in [-0.39, 0.29) is 12.1 Å². The van der Waals surface area contributed by atoms with Crippen LogP contribution in [-0.2, 0) is 0 Å². The number of benzene rings is 1. The third-order valence-corrected chi connectivity index (χ3v) is 4.94. The van der Waals surface area contributed by atoms with E-state index in [0.717, 1.165) is 16.1 Å². The Morgan fingerprint density at radius 3 is 2.55 bits per heavy atom. The third kappa shape index (κ3) is 2.41. The smallest absolute Gasteiger partial charge is 0.256 e. The normalized spacial score (nSPS) is 17.6. The molecule has 0 bridgehead atoms. The molecule has 0 aliphatic carbocycles. The van der Waals surface area contributed by atoms with Gasteiger partial charge in [-0.3, -0.25) is 4.79 Å². The van der Waals surface area contributed by atoms with Gasteiger partial charge in [-0.1, -0.05) is 37.6 Å². The molecule has 1 atom stereocenters. The van der Waals surface area contributed by atoms with Gasteiger partial charge in [-0.15, -0.1) is 11.3 Å². The molecule has 1 aromatic heterocycles. The van der Waals surface area contributed by atoms with Crippen molar-refractivity contribution >= 4 is 33.8 Å². The number of fused-ring (bicyclic) bond motifs is 1. The van der Waals surface area contributed by atoms with Crippen LogP contribution in [0.3, 0.4) is 0 Å². The van der Waals surface area contributed by atoms with Crippen molar-refractivity contribution < 1.29 is 4.79 Å². The van der Waals surface area contributed by atoms with Crippen LogP contribution in [0.5, 0.6) is 0 Å². The molecule has 1 aliphatic heterocycles. The lowest BCUT2D eigenvalue weighted by Crippen LogP contribution is -2.37. The number of thiophene rings is 1. The minimum absolute atomic E-state index is 0.0261. The number of carbonyl (C=O) groups excluding carboxylic acids is 1. The summed E-state index contributed by atoms with van der Waals surface area (Å²) in [7, 11) is 0. The van der Waals surface area contributed by atoms with Crippen molar-refractivity contribution in [3.8, 4) is 0 Å². The van der Waals surface area contributed by atoms with E-state index in [1.807, 2.05) is 30.3 Å². The van der Waals surface area contributed by atoms with Crippen LogP contribution in [0.2, 0.25) is 5.02 Å². The van der Waals surface area contributed by atoms with Crippen LogP contribution < -0.4 is 10.6 Å². The fourth-order valence-electron chi connectivity index (χ4n) is 2.17. The highest BCUT2D eigenvalue weighted by atomic mass is 35.5. The van der Waals surface area contributed by atoms with Crippen LogP contribution in [0.1, 0.15) is 46.7 Å². The molecular weight excluding hydrogens is 292 g/mol. The van der Waals surface area contributed by atoms with Gasteiger partial charge in [-0.25, -0.2) is 0 Å². The minimum atomic E-state index is -0.203. The number of carbonyl (C=O) groups is 1. The van der Waals surface area contributed by atoms with Crippen LogP contribution in [0, 0.1) is 0 Å². The zero-order valence-corrected chi connectivity index (χ0v) is 12.8. The van der Waals surface area contributed by atoms with Crippen molar-refractivity contribution in [1.82, 2.24) is 5.32 Å². The summed E-state index contributed by atoms with van der Waals surface area (Å²) in [4.78, 5) is 13.4. The van der Waals surface area contributed by atoms with Crippen LogP contribution in [-0.4, -0.2) is 5.91 Å². The molecule has 20 heavy (non-hydrogen) atoms. The van der Waals surface area contributed by atoms with Gasteiger partial charge in [0.25, 0.3) is 5.91 Å². The molecule has 0 fully saturated rings. The lowest BCUT2D eigenvalue weighted by molar-refractivity contribution is 0.0936. The summed E-state index contributed by atoms with van der Waals surface area (Å²) in [5, 5.41) is 7.99. The predicted octanol–water partition coefficient (Wildman–Crippen LogP) is 4.38. The molecule has 2 heterocycles. The highest BCUT2D eigenvalue weighted by Gasteiger charge is 2.27. The molecule has 1 aromatic carbocycles. The van der Waals surface area contributed by atoms with Gasteiger partial charge in [0.1, 0.15) is 11.2 Å². The van der Waals surface area contributed by atoms with Crippen molar-refractivity contribution in [2.45, 2.75) is 25.9 Å². The molecule has 1 aliphatic rings. The highest BCUT2D eigenvalue weighted by molar-refractivity contribution is 7.16. The topological polar surface area (TPSA) is 41.1 Å². The molecule has 3 rings (SSSR count). The standard InChI is InChI=1S/C15H15ClN2OS/c1-8(2)12-7-11-14(19)17-13(18-15(11)20-12)9-3-5-10(16)6-4-9/h3-8,13,18H,1-2H3,(H,17,19). The molecule has 3 nitrogen and oxygen atoms in total. The number of halogens is 1. The van der Waals surface area contributed by atoms with Crippen LogP contribution in [0.15, 0.2) is 30.3 Å². The van der Waals surface area contributed by atoms with Gasteiger partial charge >= 0.3 is 0 Å². The Labute approximate surface area is 127 Å². The maximum absolute atomic E-state index is 12.2. The van der Waals surface area contributed by atoms with Crippen LogP contribution in [0.25, 0.3) is 0 Å². The molecule has 0 radical (unpaired) electrons. The van der Waals surface area contributed by atoms with E-state index in [9.17, 15) is 4.79 Å². The summed E-state index contributed by atoms with van der Waals surface area (Å²) in [6.45, 7) is 4.26. The summed E-state index contributed by atoms with van der Waals surface area (Å²) < 4.78 is 0. The quantitative estimate of drug-likeness (QED) is 0.864.